The summed E-state index contributed by atoms with van der Waals surface area (Å²) in [5.41, 5.74) is 7.10. The van der Waals surface area contributed by atoms with E-state index in [-0.39, 0.29) is 5.56 Å². The van der Waals surface area contributed by atoms with Crippen molar-refractivity contribution in [2.45, 2.75) is 6.92 Å². The fraction of sp³-hybridized carbons (Fsp3) is 0.0714. The predicted octanol–water partition coefficient (Wildman–Crippen LogP) is 2.69. The number of carbonyl (C=O) groups is 2. The van der Waals surface area contributed by atoms with Crippen molar-refractivity contribution in [2.75, 3.05) is 5.32 Å². The molecular formula is C14H12BrN3O3. The average Bonchev–Trinajstić information content (AvgIpc) is 2.40. The Morgan fingerprint density at radius 1 is 1.33 bits per heavy atom. The zero-order chi connectivity index (χ0) is 15.6. The fourth-order valence-electron chi connectivity index (χ4n) is 1.84. The van der Waals surface area contributed by atoms with Gasteiger partial charge in [0.2, 0.25) is 0 Å². The molecule has 0 spiro atoms. The van der Waals surface area contributed by atoms with Gasteiger partial charge >= 0.3 is 5.97 Å². The molecule has 0 unspecified atom stereocenters. The molecule has 1 aromatic carbocycles. The molecule has 2 aromatic rings. The first-order chi connectivity index (χ1) is 9.90. The third-order valence-electron chi connectivity index (χ3n) is 2.87. The lowest BCUT2D eigenvalue weighted by Gasteiger charge is -2.12. The van der Waals surface area contributed by atoms with Crippen LogP contribution in [0.4, 0.5) is 11.5 Å². The molecule has 7 heteroatoms. The molecule has 1 aromatic heterocycles. The van der Waals surface area contributed by atoms with E-state index in [2.05, 4.69) is 26.2 Å². The van der Waals surface area contributed by atoms with Crippen molar-refractivity contribution in [2.24, 2.45) is 5.73 Å². The number of hydrogen-bond donors (Lipinski definition) is 3. The fourth-order valence-corrected chi connectivity index (χ4v) is 2.32. The first kappa shape index (κ1) is 15.0. The highest BCUT2D eigenvalue weighted by Crippen LogP contribution is 2.28. The molecule has 6 nitrogen and oxygen atoms in total. The van der Waals surface area contributed by atoms with Gasteiger partial charge in [-0.2, -0.15) is 0 Å². The third kappa shape index (κ3) is 3.19. The van der Waals surface area contributed by atoms with E-state index in [1.807, 2.05) is 0 Å². The number of carbonyl (C=O) groups excluding carboxylic acids is 1. The number of carboxylic acid groups (broad SMARTS) is 1. The van der Waals surface area contributed by atoms with Gasteiger partial charge in [0, 0.05) is 10.7 Å². The van der Waals surface area contributed by atoms with E-state index >= 15 is 0 Å². The Labute approximate surface area is 129 Å². The zero-order valence-corrected chi connectivity index (χ0v) is 12.6. The smallest absolute Gasteiger partial charge is 0.335 e. The number of rotatable bonds is 4. The van der Waals surface area contributed by atoms with E-state index in [4.69, 9.17) is 10.8 Å². The Morgan fingerprint density at radius 2 is 2.05 bits per heavy atom. The standard InChI is InChI=1S/C14H12BrN3O3/c1-7-4-5-17-13(11(7)12(16)19)18-10-3-2-8(14(20)21)6-9(10)15/h2-6H,1H3,(H2,16,19)(H,17,18)(H,20,21). The molecule has 4 N–H and O–H groups in total. The summed E-state index contributed by atoms with van der Waals surface area (Å²) in [5, 5.41) is 11.9. The number of aromatic carboxylic acids is 1. The molecule has 0 saturated heterocycles. The second-order valence-corrected chi connectivity index (χ2v) is 5.19. The van der Waals surface area contributed by atoms with Crippen molar-refractivity contribution in [3.8, 4) is 0 Å². The van der Waals surface area contributed by atoms with E-state index in [9.17, 15) is 9.59 Å². The molecule has 0 aliphatic carbocycles. The van der Waals surface area contributed by atoms with Crippen molar-refractivity contribution >= 4 is 39.3 Å². The Hall–Kier alpha value is -2.41. The molecule has 0 fully saturated rings. The summed E-state index contributed by atoms with van der Waals surface area (Å²) in [5.74, 6) is -1.28. The van der Waals surface area contributed by atoms with Gasteiger partial charge in [-0.3, -0.25) is 4.79 Å². The lowest BCUT2D eigenvalue weighted by molar-refractivity contribution is 0.0696. The Bertz CT molecular complexity index is 731. The molecule has 0 atom stereocenters. The number of benzene rings is 1. The van der Waals surface area contributed by atoms with E-state index in [1.165, 1.54) is 12.1 Å². The minimum absolute atomic E-state index is 0.153. The minimum atomic E-state index is -1.02. The minimum Gasteiger partial charge on any atom is -0.478 e. The van der Waals surface area contributed by atoms with Gasteiger partial charge < -0.3 is 16.2 Å². The van der Waals surface area contributed by atoms with Crippen LogP contribution in [0.15, 0.2) is 34.9 Å². The lowest BCUT2D eigenvalue weighted by Crippen LogP contribution is -2.16. The van der Waals surface area contributed by atoms with Crippen LogP contribution in [0.2, 0.25) is 0 Å². The summed E-state index contributed by atoms with van der Waals surface area (Å²) in [4.78, 5) is 26.5. The summed E-state index contributed by atoms with van der Waals surface area (Å²) in [6.45, 7) is 1.76. The number of hydrogen-bond acceptors (Lipinski definition) is 4. The maximum Gasteiger partial charge on any atom is 0.335 e. The molecule has 1 heterocycles. The van der Waals surface area contributed by atoms with Gasteiger partial charge in [0.1, 0.15) is 5.82 Å². The van der Waals surface area contributed by atoms with Crippen LogP contribution in [-0.4, -0.2) is 22.0 Å². The molecule has 21 heavy (non-hydrogen) atoms. The molecule has 0 aliphatic heterocycles. The Balaban J connectivity index is 2.42. The first-order valence-electron chi connectivity index (χ1n) is 5.95. The highest BCUT2D eigenvalue weighted by Gasteiger charge is 2.14. The molecule has 108 valence electrons. The topological polar surface area (TPSA) is 105 Å². The number of nitrogens with one attached hydrogen (secondary N) is 1. The maximum absolute atomic E-state index is 11.5. The summed E-state index contributed by atoms with van der Waals surface area (Å²) in [6, 6.07) is 6.19. The Kier molecular flexibility index (Phi) is 4.23. The third-order valence-corrected chi connectivity index (χ3v) is 3.53. The van der Waals surface area contributed by atoms with Crippen molar-refractivity contribution in [1.29, 1.82) is 0 Å². The lowest BCUT2D eigenvalue weighted by atomic mass is 10.1. The number of primary amides is 1. The number of nitrogens with zero attached hydrogens (tertiary/aromatic N) is 1. The number of carboxylic acids is 1. The summed E-state index contributed by atoms with van der Waals surface area (Å²) >= 11 is 3.28. The summed E-state index contributed by atoms with van der Waals surface area (Å²) in [7, 11) is 0. The highest BCUT2D eigenvalue weighted by atomic mass is 79.9. The number of nitrogens with two attached hydrogens (primary N) is 1. The molecular weight excluding hydrogens is 338 g/mol. The summed E-state index contributed by atoms with van der Waals surface area (Å²) in [6.07, 6.45) is 1.56. The second kappa shape index (κ2) is 5.92. The van der Waals surface area contributed by atoms with E-state index in [0.29, 0.717) is 27.1 Å². The van der Waals surface area contributed by atoms with Gasteiger partial charge in [-0.05, 0) is 52.7 Å². The van der Waals surface area contributed by atoms with Gasteiger partial charge in [0.05, 0.1) is 16.8 Å². The number of halogens is 1. The zero-order valence-electron chi connectivity index (χ0n) is 11.1. The molecule has 0 aliphatic rings. The van der Waals surface area contributed by atoms with Crippen molar-refractivity contribution in [3.05, 3.63) is 51.6 Å². The molecule has 0 saturated carbocycles. The van der Waals surface area contributed by atoms with Gasteiger partial charge in [0.25, 0.3) is 5.91 Å². The van der Waals surface area contributed by atoms with Crippen molar-refractivity contribution in [1.82, 2.24) is 4.98 Å². The average molecular weight is 350 g/mol. The number of pyridine rings is 1. The van der Waals surface area contributed by atoms with Gasteiger partial charge in [-0.15, -0.1) is 0 Å². The second-order valence-electron chi connectivity index (χ2n) is 4.34. The number of anilines is 2. The van der Waals surface area contributed by atoms with Crippen LogP contribution in [0.5, 0.6) is 0 Å². The predicted molar refractivity (Wildman–Crippen MR) is 81.9 cm³/mol. The normalized spacial score (nSPS) is 10.2. The van der Waals surface area contributed by atoms with Crippen LogP contribution >= 0.6 is 15.9 Å². The van der Waals surface area contributed by atoms with Crippen LogP contribution in [0.25, 0.3) is 0 Å². The van der Waals surface area contributed by atoms with Gasteiger partial charge in [-0.1, -0.05) is 0 Å². The highest BCUT2D eigenvalue weighted by molar-refractivity contribution is 9.10. The first-order valence-corrected chi connectivity index (χ1v) is 6.74. The SMILES string of the molecule is Cc1ccnc(Nc2ccc(C(=O)O)cc2Br)c1C(N)=O. The van der Waals surface area contributed by atoms with Crippen LogP contribution in [-0.2, 0) is 0 Å². The van der Waals surface area contributed by atoms with Crippen LogP contribution in [0, 0.1) is 6.92 Å². The van der Waals surface area contributed by atoms with E-state index in [1.54, 1.807) is 25.3 Å². The van der Waals surface area contributed by atoms with Crippen molar-refractivity contribution < 1.29 is 14.7 Å². The monoisotopic (exact) mass is 349 g/mol. The summed E-state index contributed by atoms with van der Waals surface area (Å²) < 4.78 is 0.543. The quantitative estimate of drug-likeness (QED) is 0.786. The number of aromatic nitrogens is 1. The van der Waals surface area contributed by atoms with Gasteiger partial charge in [-0.25, -0.2) is 9.78 Å². The number of aryl methyl sites for hydroxylation is 1. The molecule has 2 rings (SSSR count). The maximum atomic E-state index is 11.5. The molecule has 0 radical (unpaired) electrons. The van der Waals surface area contributed by atoms with Crippen LogP contribution in [0.1, 0.15) is 26.3 Å². The van der Waals surface area contributed by atoms with Crippen LogP contribution in [0.3, 0.4) is 0 Å². The molecule has 0 bridgehead atoms. The Morgan fingerprint density at radius 3 is 2.62 bits per heavy atom. The number of amides is 1. The van der Waals surface area contributed by atoms with Gasteiger partial charge in [0.15, 0.2) is 0 Å². The van der Waals surface area contributed by atoms with E-state index in [0.717, 1.165) is 0 Å². The van der Waals surface area contributed by atoms with Crippen LogP contribution < -0.4 is 11.1 Å². The molecule has 1 amide bonds. The van der Waals surface area contributed by atoms with E-state index < -0.39 is 11.9 Å². The van der Waals surface area contributed by atoms with Crippen molar-refractivity contribution in [3.63, 3.8) is 0 Å². The largest absolute Gasteiger partial charge is 0.478 e.